The Kier molecular flexibility index (Phi) is 2.54. The molecule has 0 aliphatic carbocycles. The van der Waals surface area contributed by atoms with Crippen molar-refractivity contribution in [3.05, 3.63) is 24.2 Å². The molecule has 4 nitrogen and oxygen atoms in total. The monoisotopic (exact) mass is 194 g/mol. The normalized spacial score (nSPS) is 26.4. The lowest BCUT2D eigenvalue weighted by Crippen LogP contribution is -2.39. The highest BCUT2D eigenvalue weighted by molar-refractivity contribution is 5.91. The van der Waals surface area contributed by atoms with Crippen molar-refractivity contribution < 1.29 is 9.21 Å². The summed E-state index contributed by atoms with van der Waals surface area (Å²) in [6.45, 7) is 3.92. The van der Waals surface area contributed by atoms with Gasteiger partial charge >= 0.3 is 0 Å². The Morgan fingerprint density at radius 1 is 1.64 bits per heavy atom. The van der Waals surface area contributed by atoms with Gasteiger partial charge in [0.2, 0.25) is 0 Å². The summed E-state index contributed by atoms with van der Waals surface area (Å²) in [6, 6.07) is 3.60. The standard InChI is InChI=1S/C10H14N2O2/c1-7-5-11-6-8(7)12-10(13)9-3-2-4-14-9/h2-4,7-8,11H,5-6H2,1H3,(H,12,13). The third-order valence-electron chi connectivity index (χ3n) is 2.58. The Hall–Kier alpha value is -1.29. The van der Waals surface area contributed by atoms with Crippen LogP contribution in [0.3, 0.4) is 0 Å². The van der Waals surface area contributed by atoms with Gasteiger partial charge in [-0.2, -0.15) is 0 Å². The third kappa shape index (κ3) is 1.80. The van der Waals surface area contributed by atoms with Gasteiger partial charge in [0.25, 0.3) is 5.91 Å². The summed E-state index contributed by atoms with van der Waals surface area (Å²) in [5, 5.41) is 6.16. The minimum absolute atomic E-state index is 0.129. The van der Waals surface area contributed by atoms with Crippen LogP contribution in [0.25, 0.3) is 0 Å². The lowest BCUT2D eigenvalue weighted by atomic mass is 10.1. The minimum atomic E-state index is -0.129. The summed E-state index contributed by atoms with van der Waals surface area (Å²) in [5.41, 5.74) is 0. The molecule has 1 aromatic rings. The van der Waals surface area contributed by atoms with Gasteiger partial charge in [-0.05, 0) is 24.6 Å². The van der Waals surface area contributed by atoms with Crippen molar-refractivity contribution in [2.75, 3.05) is 13.1 Å². The molecule has 4 heteroatoms. The molecule has 2 unspecified atom stereocenters. The highest BCUT2D eigenvalue weighted by atomic mass is 16.3. The molecule has 2 heterocycles. The van der Waals surface area contributed by atoms with Gasteiger partial charge < -0.3 is 15.1 Å². The van der Waals surface area contributed by atoms with Crippen molar-refractivity contribution in [1.82, 2.24) is 10.6 Å². The lowest BCUT2D eigenvalue weighted by molar-refractivity contribution is 0.0905. The number of furan rings is 1. The van der Waals surface area contributed by atoms with Crippen molar-refractivity contribution in [2.24, 2.45) is 5.92 Å². The zero-order valence-corrected chi connectivity index (χ0v) is 8.12. The zero-order valence-electron chi connectivity index (χ0n) is 8.12. The predicted molar refractivity (Wildman–Crippen MR) is 52.0 cm³/mol. The molecule has 1 saturated heterocycles. The van der Waals surface area contributed by atoms with Gasteiger partial charge in [-0.25, -0.2) is 0 Å². The fourth-order valence-corrected chi connectivity index (χ4v) is 1.65. The Labute approximate surface area is 82.7 Å². The number of carbonyl (C=O) groups is 1. The van der Waals surface area contributed by atoms with Crippen LogP contribution in [0.15, 0.2) is 22.8 Å². The van der Waals surface area contributed by atoms with Crippen LogP contribution < -0.4 is 10.6 Å². The van der Waals surface area contributed by atoms with Crippen LogP contribution in [-0.4, -0.2) is 25.0 Å². The number of nitrogens with one attached hydrogen (secondary N) is 2. The first kappa shape index (κ1) is 9.27. The largest absolute Gasteiger partial charge is 0.459 e. The van der Waals surface area contributed by atoms with Crippen molar-refractivity contribution in [2.45, 2.75) is 13.0 Å². The van der Waals surface area contributed by atoms with Gasteiger partial charge in [-0.15, -0.1) is 0 Å². The summed E-state index contributed by atoms with van der Waals surface area (Å²) >= 11 is 0. The van der Waals surface area contributed by atoms with Crippen LogP contribution in [0.5, 0.6) is 0 Å². The molecule has 0 bridgehead atoms. The van der Waals surface area contributed by atoms with E-state index in [2.05, 4.69) is 17.6 Å². The number of carbonyl (C=O) groups excluding carboxylic acids is 1. The number of rotatable bonds is 2. The quantitative estimate of drug-likeness (QED) is 0.725. The summed E-state index contributed by atoms with van der Waals surface area (Å²) in [6.07, 6.45) is 1.51. The summed E-state index contributed by atoms with van der Waals surface area (Å²) in [5.74, 6) is 0.730. The highest BCUT2D eigenvalue weighted by Gasteiger charge is 2.25. The van der Waals surface area contributed by atoms with E-state index in [0.717, 1.165) is 13.1 Å². The molecule has 0 radical (unpaired) electrons. The van der Waals surface area contributed by atoms with Crippen LogP contribution >= 0.6 is 0 Å². The van der Waals surface area contributed by atoms with E-state index in [1.54, 1.807) is 12.1 Å². The van der Waals surface area contributed by atoms with E-state index >= 15 is 0 Å². The molecule has 1 aliphatic heterocycles. The van der Waals surface area contributed by atoms with E-state index in [0.29, 0.717) is 11.7 Å². The molecule has 1 amide bonds. The number of amides is 1. The molecule has 2 N–H and O–H groups in total. The van der Waals surface area contributed by atoms with Crippen LogP contribution in [-0.2, 0) is 0 Å². The molecular formula is C10H14N2O2. The summed E-state index contributed by atoms with van der Waals surface area (Å²) in [4.78, 5) is 11.6. The highest BCUT2D eigenvalue weighted by Crippen LogP contribution is 2.08. The molecule has 1 fully saturated rings. The smallest absolute Gasteiger partial charge is 0.287 e. The second-order valence-electron chi connectivity index (χ2n) is 3.69. The molecular weight excluding hydrogens is 180 g/mol. The SMILES string of the molecule is CC1CNCC1NC(=O)c1ccco1. The van der Waals surface area contributed by atoms with Gasteiger partial charge in [0, 0.05) is 12.6 Å². The topological polar surface area (TPSA) is 54.3 Å². The predicted octanol–water partition coefficient (Wildman–Crippen LogP) is 0.617. The molecule has 2 rings (SSSR count). The maximum absolute atomic E-state index is 11.6. The van der Waals surface area contributed by atoms with Gasteiger partial charge in [0.05, 0.1) is 6.26 Å². The van der Waals surface area contributed by atoms with Crippen molar-refractivity contribution in [3.8, 4) is 0 Å². The van der Waals surface area contributed by atoms with Crippen LogP contribution in [0.4, 0.5) is 0 Å². The van der Waals surface area contributed by atoms with Gasteiger partial charge in [-0.3, -0.25) is 4.79 Å². The summed E-state index contributed by atoms with van der Waals surface area (Å²) in [7, 11) is 0. The second kappa shape index (κ2) is 3.84. The zero-order chi connectivity index (χ0) is 9.97. The Balaban J connectivity index is 1.95. The first-order valence-corrected chi connectivity index (χ1v) is 4.82. The van der Waals surface area contributed by atoms with Crippen LogP contribution in [0, 0.1) is 5.92 Å². The van der Waals surface area contributed by atoms with Crippen molar-refractivity contribution >= 4 is 5.91 Å². The van der Waals surface area contributed by atoms with Gasteiger partial charge in [0.1, 0.15) is 0 Å². The molecule has 1 aromatic heterocycles. The van der Waals surface area contributed by atoms with Crippen molar-refractivity contribution in [3.63, 3.8) is 0 Å². The Bertz CT molecular complexity index is 308. The van der Waals surface area contributed by atoms with Gasteiger partial charge in [-0.1, -0.05) is 6.92 Å². The van der Waals surface area contributed by atoms with Crippen LogP contribution in [0.2, 0.25) is 0 Å². The van der Waals surface area contributed by atoms with E-state index in [9.17, 15) is 4.79 Å². The lowest BCUT2D eigenvalue weighted by Gasteiger charge is -2.14. The van der Waals surface area contributed by atoms with Crippen LogP contribution in [0.1, 0.15) is 17.5 Å². The van der Waals surface area contributed by atoms with E-state index in [-0.39, 0.29) is 11.9 Å². The molecule has 0 spiro atoms. The fraction of sp³-hybridized carbons (Fsp3) is 0.500. The molecule has 76 valence electrons. The Morgan fingerprint density at radius 3 is 3.07 bits per heavy atom. The number of hydrogen-bond acceptors (Lipinski definition) is 3. The minimum Gasteiger partial charge on any atom is -0.459 e. The van der Waals surface area contributed by atoms with E-state index in [1.165, 1.54) is 6.26 Å². The molecule has 0 saturated carbocycles. The molecule has 1 aliphatic rings. The third-order valence-corrected chi connectivity index (χ3v) is 2.58. The van der Waals surface area contributed by atoms with E-state index in [4.69, 9.17) is 4.42 Å². The number of hydrogen-bond donors (Lipinski definition) is 2. The second-order valence-corrected chi connectivity index (χ2v) is 3.69. The molecule has 14 heavy (non-hydrogen) atoms. The average Bonchev–Trinajstić information content (AvgIpc) is 2.77. The van der Waals surface area contributed by atoms with Crippen molar-refractivity contribution in [1.29, 1.82) is 0 Å². The fourth-order valence-electron chi connectivity index (χ4n) is 1.65. The molecule has 2 atom stereocenters. The van der Waals surface area contributed by atoms with E-state index < -0.39 is 0 Å². The average molecular weight is 194 g/mol. The summed E-state index contributed by atoms with van der Waals surface area (Å²) < 4.78 is 5.01. The van der Waals surface area contributed by atoms with E-state index in [1.807, 2.05) is 0 Å². The first-order valence-electron chi connectivity index (χ1n) is 4.82. The first-order chi connectivity index (χ1) is 6.77. The maximum atomic E-state index is 11.6. The maximum Gasteiger partial charge on any atom is 0.287 e. The van der Waals surface area contributed by atoms with Gasteiger partial charge in [0.15, 0.2) is 5.76 Å². The Morgan fingerprint density at radius 2 is 2.50 bits per heavy atom. The molecule has 0 aromatic carbocycles.